The number of carboxylic acid groups (broad SMARTS) is 2. The molecule has 2 saturated heterocycles. The van der Waals surface area contributed by atoms with Crippen LogP contribution in [0.2, 0.25) is 0 Å². The van der Waals surface area contributed by atoms with Gasteiger partial charge in [-0.25, -0.2) is 0 Å². The summed E-state index contributed by atoms with van der Waals surface area (Å²) >= 11 is 0. The topological polar surface area (TPSA) is 107 Å². The van der Waals surface area contributed by atoms with Gasteiger partial charge in [-0.2, -0.15) is 0 Å². The van der Waals surface area contributed by atoms with Crippen LogP contribution in [0.5, 0.6) is 5.75 Å². The molecule has 3 rings (SSSR count). The number of phenols is 1. The number of nitrogens with zero attached hydrogens (tertiary/aromatic N) is 2. The van der Waals surface area contributed by atoms with E-state index in [1.54, 1.807) is 0 Å². The van der Waals surface area contributed by atoms with Crippen LogP contribution in [0.1, 0.15) is 153 Å². The summed E-state index contributed by atoms with van der Waals surface area (Å²) in [4.78, 5) is 31.8. The van der Waals surface area contributed by atoms with Crippen molar-refractivity contribution in [1.29, 1.82) is 0 Å². The fourth-order valence-electron chi connectivity index (χ4n) is 10.5. The number of hydrogen-bond donors (Lipinski definition) is 1. The van der Waals surface area contributed by atoms with E-state index < -0.39 is 28.7 Å². The minimum absolute atomic E-state index is 0.0216. The number of aliphatic carboxylic acids is 2. The van der Waals surface area contributed by atoms with Gasteiger partial charge in [0.2, 0.25) is 0 Å². The van der Waals surface area contributed by atoms with Gasteiger partial charge in [-0.3, -0.25) is 9.80 Å². The van der Waals surface area contributed by atoms with Gasteiger partial charge in [-0.05, 0) is 152 Å². The number of piperidine rings is 2. The zero-order valence-corrected chi connectivity index (χ0v) is 34.2. The summed E-state index contributed by atoms with van der Waals surface area (Å²) in [6.45, 7) is 32.3. The molecule has 0 aliphatic carbocycles. The summed E-state index contributed by atoms with van der Waals surface area (Å²) in [7, 11) is 4.27. The van der Waals surface area contributed by atoms with Crippen LogP contribution in [0.3, 0.4) is 0 Å². The summed E-state index contributed by atoms with van der Waals surface area (Å²) in [5.74, 6) is -5.54. The van der Waals surface area contributed by atoms with E-state index in [0.29, 0.717) is 24.8 Å². The van der Waals surface area contributed by atoms with Crippen LogP contribution in [0, 0.1) is 29.1 Å². The molecule has 280 valence electrons. The van der Waals surface area contributed by atoms with Crippen molar-refractivity contribution in [3.05, 3.63) is 28.8 Å². The normalized spacial score (nSPS) is 24.0. The molecule has 0 amide bonds. The predicted octanol–water partition coefficient (Wildman–Crippen LogP) is 6.46. The Hall–Kier alpha value is -2.12. The first kappa shape index (κ1) is 41.3. The minimum Gasteiger partial charge on any atom is -0.549 e. The van der Waals surface area contributed by atoms with Gasteiger partial charge in [0.05, 0.1) is 11.9 Å². The number of likely N-dealkylation sites (tertiary alicyclic amines) is 2. The third-order valence-electron chi connectivity index (χ3n) is 13.5. The highest BCUT2D eigenvalue weighted by molar-refractivity contribution is 5.92. The highest BCUT2D eigenvalue weighted by Gasteiger charge is 2.60. The lowest BCUT2D eigenvalue weighted by Crippen LogP contribution is -2.67. The summed E-state index contributed by atoms with van der Waals surface area (Å²) in [5, 5.41) is 39.3. The molecule has 1 N–H and O–H groups in total. The molecule has 0 spiro atoms. The second kappa shape index (κ2) is 13.1. The highest BCUT2D eigenvalue weighted by Crippen LogP contribution is 2.61. The van der Waals surface area contributed by atoms with Crippen LogP contribution in [-0.4, -0.2) is 63.1 Å². The van der Waals surface area contributed by atoms with Gasteiger partial charge in [0.15, 0.2) is 0 Å². The van der Waals surface area contributed by atoms with Crippen molar-refractivity contribution in [3.63, 3.8) is 0 Å². The zero-order valence-electron chi connectivity index (χ0n) is 34.2. The average molecular weight is 683 g/mol. The molecule has 2 atom stereocenters. The van der Waals surface area contributed by atoms with Crippen molar-refractivity contribution in [2.45, 2.75) is 175 Å². The number of benzene rings is 1. The number of rotatable bonds is 9. The molecular formula is C42H70N2O5-2. The zero-order chi connectivity index (χ0) is 38.1. The van der Waals surface area contributed by atoms with Crippen LogP contribution in [0.15, 0.2) is 12.1 Å². The molecule has 2 fully saturated rings. The van der Waals surface area contributed by atoms with Crippen molar-refractivity contribution >= 4 is 11.9 Å². The Morgan fingerprint density at radius 1 is 0.776 bits per heavy atom. The lowest BCUT2D eigenvalue weighted by Gasteiger charge is -2.64. The first-order valence-corrected chi connectivity index (χ1v) is 18.6. The number of carboxylic acids is 2. The van der Waals surface area contributed by atoms with Gasteiger partial charge in [0.25, 0.3) is 0 Å². The molecule has 0 saturated carbocycles. The van der Waals surface area contributed by atoms with Crippen molar-refractivity contribution < 1.29 is 24.9 Å². The van der Waals surface area contributed by atoms with Crippen molar-refractivity contribution in [2.24, 2.45) is 29.1 Å². The molecule has 2 heterocycles. The van der Waals surface area contributed by atoms with E-state index in [1.165, 1.54) is 0 Å². The SMILES string of the molecule is CCC(C1CC(C)(C)N(C)C(C)(C)C1)C(Cc1cc(C(C)(C)C)cc(C(C)(C)C)c1O)(C1CC(C)(C)N(C)C(C)(C)C1)C(C(=O)[O-])C(=O)[O-]. The molecule has 7 heteroatoms. The predicted molar refractivity (Wildman–Crippen MR) is 196 cm³/mol. The first-order valence-electron chi connectivity index (χ1n) is 18.6. The Balaban J connectivity index is 2.57. The third-order valence-corrected chi connectivity index (χ3v) is 13.5. The molecule has 7 nitrogen and oxygen atoms in total. The standard InChI is InChI=1S/C42H72N2O5/c1-18-30(27-21-38(8,9)43(16)39(10,11)22-27)42(32(34(46)47)35(48)49,29-24-40(12,13)44(17)41(14,15)25-29)23-26-19-28(36(2,3)4)20-31(33(26)45)37(5,6)7/h19-20,27,29-30,32,45H,18,21-25H2,1-17H3,(H,46,47)(H,48,49)/p-2. The van der Waals surface area contributed by atoms with Crippen molar-refractivity contribution in [1.82, 2.24) is 9.80 Å². The summed E-state index contributed by atoms with van der Waals surface area (Å²) < 4.78 is 0. The van der Waals surface area contributed by atoms with Crippen LogP contribution < -0.4 is 10.2 Å². The lowest BCUT2D eigenvalue weighted by molar-refractivity contribution is -0.342. The number of aromatic hydroxyl groups is 1. The Labute approximate surface area is 299 Å². The molecule has 0 aromatic heterocycles. The second-order valence-corrected chi connectivity index (χ2v) is 20.5. The molecule has 2 unspecified atom stereocenters. The van der Waals surface area contributed by atoms with Gasteiger partial charge in [0, 0.05) is 28.1 Å². The highest BCUT2D eigenvalue weighted by atomic mass is 16.4. The Morgan fingerprint density at radius 3 is 1.53 bits per heavy atom. The van der Waals surface area contributed by atoms with E-state index in [-0.39, 0.29) is 57.5 Å². The fourth-order valence-corrected chi connectivity index (χ4v) is 10.5. The first-order chi connectivity index (χ1) is 21.9. The van der Waals surface area contributed by atoms with Gasteiger partial charge >= 0.3 is 0 Å². The molecule has 1 aromatic carbocycles. The summed E-state index contributed by atoms with van der Waals surface area (Å²) in [5.41, 5.74) is -0.692. The average Bonchev–Trinajstić information content (AvgIpc) is 2.89. The van der Waals surface area contributed by atoms with Crippen LogP contribution >= 0.6 is 0 Å². The minimum atomic E-state index is -1.88. The number of carbonyl (C=O) groups excluding carboxylic acids is 2. The Bertz CT molecular complexity index is 1340. The molecule has 49 heavy (non-hydrogen) atoms. The number of carbonyl (C=O) groups is 2. The molecule has 1 aromatic rings. The number of hydrogen-bond acceptors (Lipinski definition) is 7. The molecule has 0 radical (unpaired) electrons. The maximum absolute atomic E-state index is 13.5. The second-order valence-electron chi connectivity index (χ2n) is 20.5. The number of phenolic OH excluding ortho intramolecular Hbond substituents is 1. The van der Waals surface area contributed by atoms with Crippen LogP contribution in [-0.2, 0) is 26.8 Å². The van der Waals surface area contributed by atoms with E-state index in [2.05, 4.69) is 134 Å². The van der Waals surface area contributed by atoms with E-state index >= 15 is 0 Å². The summed E-state index contributed by atoms with van der Waals surface area (Å²) in [6, 6.07) is 4.08. The molecule has 2 aliphatic rings. The van der Waals surface area contributed by atoms with Crippen LogP contribution in [0.25, 0.3) is 0 Å². The van der Waals surface area contributed by atoms with E-state index in [9.17, 15) is 24.9 Å². The van der Waals surface area contributed by atoms with Crippen molar-refractivity contribution in [3.8, 4) is 5.75 Å². The Kier molecular flexibility index (Phi) is 11.1. The third kappa shape index (κ3) is 7.73. The lowest BCUT2D eigenvalue weighted by atomic mass is 9.47. The van der Waals surface area contributed by atoms with Gasteiger partial charge in [-0.15, -0.1) is 0 Å². The van der Waals surface area contributed by atoms with E-state index in [0.717, 1.165) is 24.0 Å². The van der Waals surface area contributed by atoms with Gasteiger partial charge in [-0.1, -0.05) is 67.0 Å². The van der Waals surface area contributed by atoms with E-state index in [1.807, 2.05) is 6.07 Å². The maximum atomic E-state index is 13.5. The van der Waals surface area contributed by atoms with Gasteiger partial charge in [0.1, 0.15) is 5.75 Å². The molecule has 2 aliphatic heterocycles. The molecular weight excluding hydrogens is 612 g/mol. The molecule has 0 bridgehead atoms. The fraction of sp³-hybridized carbons (Fsp3) is 0.810. The smallest absolute Gasteiger partial charge is 0.122 e. The monoisotopic (exact) mass is 683 g/mol. The van der Waals surface area contributed by atoms with Gasteiger partial charge < -0.3 is 24.9 Å². The quantitative estimate of drug-likeness (QED) is 0.298. The summed E-state index contributed by atoms with van der Waals surface area (Å²) in [6.07, 6.45) is 3.49. The van der Waals surface area contributed by atoms with Crippen LogP contribution in [0.4, 0.5) is 0 Å². The van der Waals surface area contributed by atoms with E-state index in [4.69, 9.17) is 0 Å². The Morgan fingerprint density at radius 2 is 1.18 bits per heavy atom. The maximum Gasteiger partial charge on any atom is 0.122 e. The largest absolute Gasteiger partial charge is 0.549 e. The van der Waals surface area contributed by atoms with Crippen molar-refractivity contribution in [2.75, 3.05) is 14.1 Å².